The van der Waals surface area contributed by atoms with Gasteiger partial charge in [0.05, 0.1) is 25.7 Å². The first-order chi connectivity index (χ1) is 21.5. The summed E-state index contributed by atoms with van der Waals surface area (Å²) in [6.07, 6.45) is 2.16. The molecule has 3 unspecified atom stereocenters. The second-order valence-corrected chi connectivity index (χ2v) is 11.3. The molecule has 0 aromatic heterocycles. The summed E-state index contributed by atoms with van der Waals surface area (Å²) in [5, 5.41) is 3.03. The molecule has 1 aliphatic rings. The topological polar surface area (TPSA) is 84.9 Å². The Morgan fingerprint density at radius 1 is 0.795 bits per heavy atom. The van der Waals surface area contributed by atoms with E-state index in [1.807, 2.05) is 103 Å². The maximum absolute atomic E-state index is 13.5. The Kier molecular flexibility index (Phi) is 10.5. The Morgan fingerprint density at radius 2 is 1.41 bits per heavy atom. The quantitative estimate of drug-likeness (QED) is 0.171. The number of anilines is 1. The molecule has 0 bridgehead atoms. The zero-order chi connectivity index (χ0) is 30.7. The van der Waals surface area contributed by atoms with E-state index in [2.05, 4.69) is 5.32 Å². The third-order valence-corrected chi connectivity index (χ3v) is 8.08. The number of Topliss-reactive ketones (excluding diaryl/α,β-unsaturated/α-hetero) is 1. The lowest BCUT2D eigenvalue weighted by Crippen LogP contribution is -2.42. The number of benzene rings is 4. The molecule has 0 radical (unpaired) electrons. The minimum absolute atomic E-state index is 0.0337. The number of likely N-dealkylation sites (N-methyl/N-ethyl adjacent to an activating group) is 1. The van der Waals surface area contributed by atoms with Crippen molar-refractivity contribution in [2.24, 2.45) is 17.8 Å². The summed E-state index contributed by atoms with van der Waals surface area (Å²) < 4.78 is 11.9. The highest BCUT2D eigenvalue weighted by Gasteiger charge is 2.39. The van der Waals surface area contributed by atoms with Gasteiger partial charge in [0, 0.05) is 24.2 Å². The molecule has 226 valence electrons. The van der Waals surface area contributed by atoms with Crippen molar-refractivity contribution in [3.05, 3.63) is 126 Å². The van der Waals surface area contributed by atoms with E-state index < -0.39 is 5.92 Å². The lowest BCUT2D eigenvalue weighted by atomic mass is 9.67. The van der Waals surface area contributed by atoms with Crippen LogP contribution >= 0.6 is 0 Å². The summed E-state index contributed by atoms with van der Waals surface area (Å²) in [5.41, 5.74) is 2.24. The fourth-order valence-corrected chi connectivity index (χ4v) is 5.48. The van der Waals surface area contributed by atoms with Gasteiger partial charge in [0.25, 0.3) is 5.91 Å². The van der Waals surface area contributed by atoms with Crippen molar-refractivity contribution < 1.29 is 23.9 Å². The molecule has 7 nitrogen and oxygen atoms in total. The van der Waals surface area contributed by atoms with Crippen molar-refractivity contribution in [3.8, 4) is 11.5 Å². The van der Waals surface area contributed by atoms with Crippen molar-refractivity contribution in [3.63, 3.8) is 0 Å². The van der Waals surface area contributed by atoms with Crippen LogP contribution in [0.25, 0.3) is 0 Å². The van der Waals surface area contributed by atoms with Gasteiger partial charge in [-0.15, -0.1) is 0 Å². The lowest BCUT2D eigenvalue weighted by molar-refractivity contribution is -0.131. The van der Waals surface area contributed by atoms with E-state index in [0.29, 0.717) is 30.0 Å². The summed E-state index contributed by atoms with van der Waals surface area (Å²) in [6.45, 7) is 0.683. The fourth-order valence-electron chi connectivity index (χ4n) is 5.48. The van der Waals surface area contributed by atoms with Crippen molar-refractivity contribution in [2.45, 2.75) is 25.9 Å². The smallest absolute Gasteiger partial charge is 0.253 e. The molecule has 0 saturated heterocycles. The Hall–Kier alpha value is -4.75. The van der Waals surface area contributed by atoms with Crippen LogP contribution in [0.1, 0.15) is 35.2 Å². The van der Waals surface area contributed by atoms with Gasteiger partial charge in [-0.1, -0.05) is 66.7 Å². The first kappa shape index (κ1) is 30.7. The minimum atomic E-state index is -0.441. The van der Waals surface area contributed by atoms with Gasteiger partial charge in [0.2, 0.25) is 5.91 Å². The van der Waals surface area contributed by atoms with Gasteiger partial charge in [-0.3, -0.25) is 14.4 Å². The number of hydrogen-bond donors (Lipinski definition) is 1. The van der Waals surface area contributed by atoms with Crippen LogP contribution < -0.4 is 10.1 Å². The Morgan fingerprint density at radius 3 is 2.05 bits per heavy atom. The van der Waals surface area contributed by atoms with E-state index in [9.17, 15) is 14.4 Å². The molecule has 3 atom stereocenters. The van der Waals surface area contributed by atoms with Crippen LogP contribution in [0.4, 0.5) is 5.69 Å². The van der Waals surface area contributed by atoms with Gasteiger partial charge in [0.15, 0.2) is 5.78 Å². The van der Waals surface area contributed by atoms with E-state index in [0.717, 1.165) is 24.2 Å². The van der Waals surface area contributed by atoms with Crippen LogP contribution in [0, 0.1) is 17.8 Å². The number of ketones is 1. The minimum Gasteiger partial charge on any atom is -0.457 e. The molecule has 4 aromatic rings. The van der Waals surface area contributed by atoms with Gasteiger partial charge in [-0.05, 0) is 79.3 Å². The van der Waals surface area contributed by atoms with Crippen molar-refractivity contribution in [1.29, 1.82) is 0 Å². The maximum Gasteiger partial charge on any atom is 0.253 e. The van der Waals surface area contributed by atoms with Crippen molar-refractivity contribution in [2.75, 3.05) is 25.5 Å². The van der Waals surface area contributed by atoms with E-state index in [4.69, 9.17) is 9.47 Å². The number of carbonyl (C=O) groups is 3. The summed E-state index contributed by atoms with van der Waals surface area (Å²) in [5.74, 6) is 0.546. The molecule has 0 spiro atoms. The lowest BCUT2D eigenvalue weighted by Gasteiger charge is -2.38. The summed E-state index contributed by atoms with van der Waals surface area (Å²) in [4.78, 5) is 41.0. The number of amides is 2. The second-order valence-electron chi connectivity index (χ2n) is 11.3. The van der Waals surface area contributed by atoms with E-state index in [1.165, 1.54) is 4.90 Å². The average molecular weight is 591 g/mol. The highest BCUT2D eigenvalue weighted by atomic mass is 16.5. The molecule has 4 aromatic carbocycles. The van der Waals surface area contributed by atoms with Crippen LogP contribution in [0.3, 0.4) is 0 Å². The van der Waals surface area contributed by atoms with E-state index in [-0.39, 0.29) is 42.6 Å². The molecule has 44 heavy (non-hydrogen) atoms. The number of rotatable bonds is 14. The van der Waals surface area contributed by atoms with Gasteiger partial charge in [-0.2, -0.15) is 0 Å². The molecule has 5 rings (SSSR count). The van der Waals surface area contributed by atoms with Crippen LogP contribution in [0.5, 0.6) is 11.5 Å². The number of ether oxygens (including phenoxy) is 2. The molecule has 1 aliphatic carbocycles. The predicted molar refractivity (Wildman–Crippen MR) is 170 cm³/mol. The molecule has 1 fully saturated rings. The average Bonchev–Trinajstić information content (AvgIpc) is 3.04. The predicted octanol–water partition coefficient (Wildman–Crippen LogP) is 7.01. The van der Waals surface area contributed by atoms with E-state index in [1.54, 1.807) is 19.2 Å². The highest BCUT2D eigenvalue weighted by Crippen LogP contribution is 2.40. The molecule has 7 heteroatoms. The molecule has 1 saturated carbocycles. The molecule has 0 aliphatic heterocycles. The molecule has 1 N–H and O–H groups in total. The molecular weight excluding hydrogens is 552 g/mol. The summed E-state index contributed by atoms with van der Waals surface area (Å²) in [6, 6.07) is 35.6. The summed E-state index contributed by atoms with van der Waals surface area (Å²) >= 11 is 0. The van der Waals surface area contributed by atoms with Gasteiger partial charge >= 0.3 is 0 Å². The Labute approximate surface area is 258 Å². The van der Waals surface area contributed by atoms with Crippen LogP contribution in [0.15, 0.2) is 115 Å². The maximum atomic E-state index is 13.5. The number of nitrogens with zero attached hydrogens (tertiary/aromatic N) is 1. The first-order valence-corrected chi connectivity index (χ1v) is 15.0. The summed E-state index contributed by atoms with van der Waals surface area (Å²) in [7, 11) is 1.66. The SMILES string of the molecule is CN(CC(=O)C1CCC1CC(COCc1ccccc1)C(=O)Nc1ccc(Oc2ccccc2)cc1)C(=O)c1ccccc1. The van der Waals surface area contributed by atoms with E-state index >= 15 is 0 Å². The van der Waals surface area contributed by atoms with Gasteiger partial charge < -0.3 is 19.7 Å². The van der Waals surface area contributed by atoms with Crippen LogP contribution in [0.2, 0.25) is 0 Å². The largest absolute Gasteiger partial charge is 0.457 e. The Bertz CT molecular complexity index is 1510. The number of carbonyl (C=O) groups excluding carboxylic acids is 3. The van der Waals surface area contributed by atoms with Crippen molar-refractivity contribution >= 4 is 23.3 Å². The number of nitrogens with one attached hydrogen (secondary N) is 1. The second kappa shape index (κ2) is 15.1. The van der Waals surface area contributed by atoms with Crippen LogP contribution in [-0.2, 0) is 20.9 Å². The molecule has 0 heterocycles. The molecular formula is C37H38N2O5. The standard InChI is InChI=1S/C37H38N2O5/c1-39(37(42)28-13-7-3-8-14-28)24-35(40)34-22-17-29(34)23-30(26-43-25-27-11-5-2-6-12-27)36(41)38-31-18-20-33(21-19-31)44-32-15-9-4-10-16-32/h2-16,18-21,29-30,34H,17,22-26H2,1H3,(H,38,41). The van der Waals surface area contributed by atoms with Crippen molar-refractivity contribution in [1.82, 2.24) is 4.90 Å². The zero-order valence-electron chi connectivity index (χ0n) is 24.9. The monoisotopic (exact) mass is 590 g/mol. The normalized spacial score (nSPS) is 16.3. The zero-order valence-corrected chi connectivity index (χ0v) is 24.9. The van der Waals surface area contributed by atoms with Gasteiger partial charge in [-0.25, -0.2) is 0 Å². The number of hydrogen-bond acceptors (Lipinski definition) is 5. The van der Waals surface area contributed by atoms with Gasteiger partial charge in [0.1, 0.15) is 11.5 Å². The highest BCUT2D eigenvalue weighted by molar-refractivity contribution is 5.97. The van der Waals surface area contributed by atoms with Crippen LogP contribution in [-0.4, -0.2) is 42.7 Å². The molecule has 2 amide bonds. The Balaban J connectivity index is 1.20. The first-order valence-electron chi connectivity index (χ1n) is 15.0. The third kappa shape index (κ3) is 8.42. The number of para-hydroxylation sites is 1. The fraction of sp³-hybridized carbons (Fsp3) is 0.270. The third-order valence-electron chi connectivity index (χ3n) is 8.08.